The number of benzene rings is 1. The Bertz CT molecular complexity index is 809. The average molecular weight is 339 g/mol. The molecule has 4 rings (SSSR count). The molecule has 1 atom stereocenters. The Balaban J connectivity index is 1.45. The minimum atomic E-state index is 0.0432. The largest absolute Gasteiger partial charge is 0.340 e. The van der Waals surface area contributed by atoms with Gasteiger partial charge in [0, 0.05) is 19.5 Å². The summed E-state index contributed by atoms with van der Waals surface area (Å²) in [6, 6.07) is 8.04. The van der Waals surface area contributed by atoms with Crippen molar-refractivity contribution in [3.63, 3.8) is 0 Å². The van der Waals surface area contributed by atoms with Gasteiger partial charge in [-0.05, 0) is 48.2 Å². The maximum Gasteiger partial charge on any atom is 0.223 e. The molecule has 1 amide bonds. The second-order valence-electron chi connectivity index (χ2n) is 6.41. The number of imidazole rings is 1. The Labute approximate surface area is 145 Å². The number of fused-ring (bicyclic) bond motifs is 1. The van der Waals surface area contributed by atoms with Crippen molar-refractivity contribution < 1.29 is 4.79 Å². The fourth-order valence-electron chi connectivity index (χ4n) is 3.46. The first-order valence-electron chi connectivity index (χ1n) is 8.76. The summed E-state index contributed by atoms with van der Waals surface area (Å²) < 4.78 is 1.65. The predicted octanol–water partition coefficient (Wildman–Crippen LogP) is 2.08. The molecule has 1 unspecified atom stereocenters. The van der Waals surface area contributed by atoms with Crippen LogP contribution in [0.2, 0.25) is 0 Å². The number of nitrogens with zero attached hydrogens (tertiary/aromatic N) is 6. The molecule has 3 heterocycles. The number of rotatable bonds is 5. The van der Waals surface area contributed by atoms with E-state index in [4.69, 9.17) is 4.98 Å². The smallest absolute Gasteiger partial charge is 0.223 e. The van der Waals surface area contributed by atoms with E-state index in [0.29, 0.717) is 13.0 Å². The third-order valence-electron chi connectivity index (χ3n) is 4.72. The molecule has 1 N–H and O–H groups in total. The number of tetrazole rings is 1. The molecule has 1 aromatic carbocycles. The van der Waals surface area contributed by atoms with E-state index in [9.17, 15) is 4.79 Å². The Morgan fingerprint density at radius 2 is 2.20 bits per heavy atom. The van der Waals surface area contributed by atoms with Crippen LogP contribution in [0.5, 0.6) is 0 Å². The van der Waals surface area contributed by atoms with Gasteiger partial charge in [0.25, 0.3) is 0 Å². The molecule has 1 fully saturated rings. The van der Waals surface area contributed by atoms with Crippen LogP contribution in [0.3, 0.4) is 0 Å². The van der Waals surface area contributed by atoms with Crippen molar-refractivity contribution in [3.05, 3.63) is 36.4 Å². The highest BCUT2D eigenvalue weighted by molar-refractivity contribution is 5.77. The lowest BCUT2D eigenvalue weighted by Crippen LogP contribution is -2.39. The molecule has 1 aliphatic heterocycles. The first-order chi connectivity index (χ1) is 12.3. The average Bonchev–Trinajstić information content (AvgIpc) is 3.31. The molecule has 25 heavy (non-hydrogen) atoms. The van der Waals surface area contributed by atoms with Crippen molar-refractivity contribution in [1.29, 1.82) is 0 Å². The number of hydrogen-bond acceptors (Lipinski definition) is 5. The minimum absolute atomic E-state index is 0.0432. The first kappa shape index (κ1) is 15.7. The monoisotopic (exact) mass is 339 g/mol. The van der Waals surface area contributed by atoms with Crippen LogP contribution < -0.4 is 0 Å². The maximum absolute atomic E-state index is 12.7. The number of nitrogens with one attached hydrogen (secondary N) is 1. The van der Waals surface area contributed by atoms with Crippen LogP contribution in [0.4, 0.5) is 0 Å². The molecule has 3 aromatic rings. The van der Waals surface area contributed by atoms with Crippen molar-refractivity contribution in [2.24, 2.45) is 0 Å². The van der Waals surface area contributed by atoms with E-state index in [1.54, 1.807) is 11.0 Å². The van der Waals surface area contributed by atoms with Gasteiger partial charge in [-0.25, -0.2) is 9.67 Å². The van der Waals surface area contributed by atoms with Crippen molar-refractivity contribution >= 4 is 16.9 Å². The number of carbonyl (C=O) groups is 1. The molecule has 0 saturated carbocycles. The Morgan fingerprint density at radius 1 is 1.28 bits per heavy atom. The van der Waals surface area contributed by atoms with Crippen LogP contribution in [0.15, 0.2) is 30.6 Å². The quantitative estimate of drug-likeness (QED) is 0.768. The summed E-state index contributed by atoms with van der Waals surface area (Å²) in [6.45, 7) is 1.45. The van der Waals surface area contributed by atoms with Gasteiger partial charge in [0.05, 0.1) is 17.1 Å². The molecule has 130 valence electrons. The fraction of sp³-hybridized carbons (Fsp3) is 0.471. The van der Waals surface area contributed by atoms with Crippen LogP contribution in [-0.4, -0.2) is 47.5 Å². The molecule has 1 aliphatic rings. The number of aryl methyl sites for hydroxylation is 1. The number of aromatic nitrogens is 6. The van der Waals surface area contributed by atoms with Crippen molar-refractivity contribution in [2.45, 2.75) is 44.7 Å². The maximum atomic E-state index is 12.7. The molecule has 0 bridgehead atoms. The second kappa shape index (κ2) is 7.00. The van der Waals surface area contributed by atoms with Gasteiger partial charge in [0.1, 0.15) is 12.2 Å². The van der Waals surface area contributed by atoms with Crippen LogP contribution >= 0.6 is 0 Å². The summed E-state index contributed by atoms with van der Waals surface area (Å²) in [4.78, 5) is 22.8. The van der Waals surface area contributed by atoms with Crippen LogP contribution in [0, 0.1) is 0 Å². The van der Waals surface area contributed by atoms with E-state index in [0.717, 1.165) is 49.1 Å². The summed E-state index contributed by atoms with van der Waals surface area (Å²) in [6.07, 6.45) is 5.93. The number of piperidine rings is 1. The number of hydrogen-bond donors (Lipinski definition) is 1. The van der Waals surface area contributed by atoms with Crippen LogP contribution in [0.25, 0.3) is 11.0 Å². The van der Waals surface area contributed by atoms with Crippen molar-refractivity contribution in [2.75, 3.05) is 6.54 Å². The van der Waals surface area contributed by atoms with Gasteiger partial charge >= 0.3 is 0 Å². The van der Waals surface area contributed by atoms with Crippen molar-refractivity contribution in [3.8, 4) is 0 Å². The molecule has 8 nitrogen and oxygen atoms in total. The van der Waals surface area contributed by atoms with Crippen LogP contribution in [-0.2, 0) is 11.3 Å². The highest BCUT2D eigenvalue weighted by Gasteiger charge is 2.29. The van der Waals surface area contributed by atoms with Crippen LogP contribution in [0.1, 0.15) is 44.0 Å². The Hall–Kier alpha value is -2.77. The SMILES string of the molecule is O=C(CCCn1cnnn1)N1CCCCC1c1nc2ccccc2[nH]1. The lowest BCUT2D eigenvalue weighted by Gasteiger charge is -2.34. The van der Waals surface area contributed by atoms with Gasteiger partial charge in [0.2, 0.25) is 5.91 Å². The van der Waals surface area contributed by atoms with E-state index in [1.165, 1.54) is 0 Å². The Morgan fingerprint density at radius 3 is 3.04 bits per heavy atom. The predicted molar refractivity (Wildman–Crippen MR) is 91.4 cm³/mol. The lowest BCUT2D eigenvalue weighted by molar-refractivity contribution is -0.135. The highest BCUT2D eigenvalue weighted by atomic mass is 16.2. The molecule has 8 heteroatoms. The van der Waals surface area contributed by atoms with E-state index in [-0.39, 0.29) is 11.9 Å². The third-order valence-corrected chi connectivity index (χ3v) is 4.72. The number of para-hydroxylation sites is 2. The number of carbonyl (C=O) groups excluding carboxylic acids is 1. The summed E-state index contributed by atoms with van der Waals surface area (Å²) in [5.41, 5.74) is 1.98. The topological polar surface area (TPSA) is 92.6 Å². The first-order valence-corrected chi connectivity index (χ1v) is 8.76. The van der Waals surface area contributed by atoms with E-state index >= 15 is 0 Å². The molecule has 2 aromatic heterocycles. The molecular formula is C17H21N7O. The summed E-state index contributed by atoms with van der Waals surface area (Å²) >= 11 is 0. The zero-order chi connectivity index (χ0) is 17.1. The normalized spacial score (nSPS) is 17.9. The van der Waals surface area contributed by atoms with Gasteiger partial charge in [-0.15, -0.1) is 5.10 Å². The summed E-state index contributed by atoms with van der Waals surface area (Å²) in [7, 11) is 0. The molecule has 0 radical (unpaired) electrons. The highest BCUT2D eigenvalue weighted by Crippen LogP contribution is 2.31. The van der Waals surface area contributed by atoms with Gasteiger partial charge in [-0.1, -0.05) is 12.1 Å². The summed E-state index contributed by atoms with van der Waals surface area (Å²) in [5, 5.41) is 11.0. The molecular weight excluding hydrogens is 318 g/mol. The number of aromatic amines is 1. The molecule has 0 aliphatic carbocycles. The number of likely N-dealkylation sites (tertiary alicyclic amines) is 1. The second-order valence-corrected chi connectivity index (χ2v) is 6.41. The molecule has 1 saturated heterocycles. The van der Waals surface area contributed by atoms with Gasteiger partial charge in [-0.2, -0.15) is 0 Å². The van der Waals surface area contributed by atoms with E-state index in [1.807, 2.05) is 29.2 Å². The van der Waals surface area contributed by atoms with E-state index < -0.39 is 0 Å². The van der Waals surface area contributed by atoms with Crippen molar-refractivity contribution in [1.82, 2.24) is 35.1 Å². The zero-order valence-corrected chi connectivity index (χ0v) is 14.0. The fourth-order valence-corrected chi connectivity index (χ4v) is 3.46. The lowest BCUT2D eigenvalue weighted by atomic mass is 10.0. The van der Waals surface area contributed by atoms with Gasteiger partial charge < -0.3 is 9.88 Å². The standard InChI is InChI=1S/C17H21N7O/c25-16(9-5-10-23-12-18-21-22-23)24-11-4-3-8-15(24)17-19-13-6-1-2-7-14(13)20-17/h1-2,6-7,12,15H,3-5,8-11H2,(H,19,20). The zero-order valence-electron chi connectivity index (χ0n) is 14.0. The van der Waals surface area contributed by atoms with Gasteiger partial charge in [-0.3, -0.25) is 4.79 Å². The Kier molecular flexibility index (Phi) is 4.41. The summed E-state index contributed by atoms with van der Waals surface area (Å²) in [5.74, 6) is 1.08. The van der Waals surface area contributed by atoms with E-state index in [2.05, 4.69) is 20.5 Å². The third kappa shape index (κ3) is 3.38. The minimum Gasteiger partial charge on any atom is -0.340 e. The molecule has 0 spiro atoms. The number of H-pyrrole nitrogens is 1. The van der Waals surface area contributed by atoms with Gasteiger partial charge in [0.15, 0.2) is 0 Å². The number of amides is 1.